The van der Waals surface area contributed by atoms with Crippen LogP contribution in [0.4, 0.5) is 0 Å². The molecule has 2 amide bonds. The van der Waals surface area contributed by atoms with Crippen LogP contribution in [0.1, 0.15) is 157 Å². The maximum absolute atomic E-state index is 13.5. The number of esters is 1. The molecule has 346 valence electrons. The van der Waals surface area contributed by atoms with Crippen molar-refractivity contribution >= 4 is 39.6 Å². The third-order valence-electron chi connectivity index (χ3n) is 16.1. The highest BCUT2D eigenvalue weighted by Gasteiger charge is 2.32. The van der Waals surface area contributed by atoms with Crippen LogP contribution in [0.3, 0.4) is 0 Å². The van der Waals surface area contributed by atoms with Gasteiger partial charge in [0.1, 0.15) is 5.76 Å². The number of ether oxygens (including phenoxy) is 1. The first-order chi connectivity index (χ1) is 31.7. The van der Waals surface area contributed by atoms with E-state index in [9.17, 15) is 14.4 Å². The quantitative estimate of drug-likeness (QED) is 0.155. The van der Waals surface area contributed by atoms with Crippen molar-refractivity contribution in [1.82, 2.24) is 29.2 Å². The first-order valence-corrected chi connectivity index (χ1v) is 25.3. The maximum atomic E-state index is 13.5. The van der Waals surface area contributed by atoms with Crippen molar-refractivity contribution in [3.63, 3.8) is 0 Å². The number of carbonyl (C=O) groups is 3. The monoisotopic (exact) mass is 883 g/mol. The van der Waals surface area contributed by atoms with Crippen LogP contribution in [0.5, 0.6) is 0 Å². The lowest BCUT2D eigenvalue weighted by molar-refractivity contribution is 0.0487. The van der Waals surface area contributed by atoms with E-state index in [1.54, 1.807) is 13.0 Å². The van der Waals surface area contributed by atoms with Crippen molar-refractivity contribution < 1.29 is 23.5 Å². The van der Waals surface area contributed by atoms with Gasteiger partial charge in [0.05, 0.1) is 13.2 Å². The number of piperidine rings is 2. The number of nitrogens with zero attached hydrogens (tertiary/aromatic N) is 5. The maximum Gasteiger partial charge on any atom is 0.374 e. The van der Waals surface area contributed by atoms with Crippen molar-refractivity contribution in [2.45, 2.75) is 142 Å². The molecule has 3 aromatic heterocycles. The van der Waals surface area contributed by atoms with E-state index < -0.39 is 5.97 Å². The van der Waals surface area contributed by atoms with E-state index in [1.807, 2.05) is 28.0 Å². The van der Waals surface area contributed by atoms with Crippen LogP contribution in [-0.2, 0) is 37.2 Å². The number of aromatic amines is 1. The highest BCUT2D eigenvalue weighted by atomic mass is 16.5. The Balaban J connectivity index is 0.000000162. The van der Waals surface area contributed by atoms with E-state index in [0.29, 0.717) is 25.1 Å². The predicted octanol–water partition coefficient (Wildman–Crippen LogP) is 9.97. The first kappa shape index (κ1) is 44.0. The van der Waals surface area contributed by atoms with Gasteiger partial charge in [-0.05, 0) is 130 Å². The minimum absolute atomic E-state index is 0.147. The Morgan fingerprint density at radius 2 is 1.23 bits per heavy atom. The zero-order valence-electron chi connectivity index (χ0n) is 39.2. The number of hydrogen-bond donors (Lipinski definition) is 1. The number of amides is 2. The summed E-state index contributed by atoms with van der Waals surface area (Å²) in [5, 5.41) is 2.44. The third-order valence-corrected chi connectivity index (χ3v) is 16.1. The number of nitrogens with one attached hydrogen (secondary N) is 1. The van der Waals surface area contributed by atoms with Gasteiger partial charge in [-0.3, -0.25) is 19.4 Å². The number of carbonyl (C=O) groups excluding carboxylic acids is 3. The molecule has 1 N–H and O–H groups in total. The van der Waals surface area contributed by atoms with Crippen LogP contribution in [-0.4, -0.2) is 105 Å². The summed E-state index contributed by atoms with van der Waals surface area (Å²) in [5.74, 6) is 2.33. The molecule has 11 rings (SSSR count). The van der Waals surface area contributed by atoms with Gasteiger partial charge in [0.15, 0.2) is 0 Å². The average molecular weight is 883 g/mol. The zero-order valence-corrected chi connectivity index (χ0v) is 39.2. The minimum atomic E-state index is -0.430. The van der Waals surface area contributed by atoms with Gasteiger partial charge in [0.25, 0.3) is 11.8 Å². The molecule has 11 nitrogen and oxygen atoms in total. The van der Waals surface area contributed by atoms with Crippen LogP contribution in [0.2, 0.25) is 0 Å². The third kappa shape index (κ3) is 9.16. The molecule has 4 aliphatic heterocycles. The van der Waals surface area contributed by atoms with Crippen molar-refractivity contribution in [3.05, 3.63) is 93.7 Å². The Kier molecular flexibility index (Phi) is 13.0. The number of aromatic nitrogens is 2. The lowest BCUT2D eigenvalue weighted by Crippen LogP contribution is -2.38. The van der Waals surface area contributed by atoms with Gasteiger partial charge in [-0.15, -0.1) is 0 Å². The topological polar surface area (TPSA) is 107 Å². The molecular formula is C54H70N6O5. The highest BCUT2D eigenvalue weighted by molar-refractivity contribution is 6.00. The van der Waals surface area contributed by atoms with Crippen LogP contribution in [0, 0.1) is 11.8 Å². The number of benzene rings is 2. The van der Waals surface area contributed by atoms with Gasteiger partial charge in [-0.1, -0.05) is 39.5 Å². The molecule has 2 aliphatic carbocycles. The number of likely N-dealkylation sites (tertiary alicyclic amines) is 2. The van der Waals surface area contributed by atoms with Gasteiger partial charge in [0, 0.05) is 122 Å². The summed E-state index contributed by atoms with van der Waals surface area (Å²) in [7, 11) is 0. The minimum Gasteiger partial charge on any atom is -0.460 e. The van der Waals surface area contributed by atoms with Crippen molar-refractivity contribution in [3.8, 4) is 0 Å². The van der Waals surface area contributed by atoms with E-state index in [1.165, 1.54) is 96.7 Å². The van der Waals surface area contributed by atoms with E-state index in [4.69, 9.17) is 9.15 Å². The molecule has 7 heterocycles. The summed E-state index contributed by atoms with van der Waals surface area (Å²) in [6.07, 6.45) is 17.2. The zero-order chi connectivity index (χ0) is 44.6. The summed E-state index contributed by atoms with van der Waals surface area (Å²) in [6, 6.07) is 17.5. The molecule has 0 atom stereocenters. The molecule has 0 bridgehead atoms. The highest BCUT2D eigenvalue weighted by Crippen LogP contribution is 2.37. The second kappa shape index (κ2) is 19.2. The average Bonchev–Trinajstić information content (AvgIpc) is 4.20. The van der Waals surface area contributed by atoms with Gasteiger partial charge in [-0.2, -0.15) is 0 Å². The summed E-state index contributed by atoms with van der Waals surface area (Å²) in [6.45, 7) is 14.9. The van der Waals surface area contributed by atoms with E-state index in [2.05, 4.69) is 57.5 Å². The van der Waals surface area contributed by atoms with Crippen LogP contribution >= 0.6 is 0 Å². The van der Waals surface area contributed by atoms with Crippen molar-refractivity contribution in [1.29, 1.82) is 0 Å². The molecule has 5 aromatic rings. The Morgan fingerprint density at radius 3 is 1.85 bits per heavy atom. The summed E-state index contributed by atoms with van der Waals surface area (Å²) < 4.78 is 13.3. The summed E-state index contributed by atoms with van der Waals surface area (Å²) in [5.41, 5.74) is 9.44. The number of hydrogen-bond acceptors (Lipinski definition) is 7. The van der Waals surface area contributed by atoms with Crippen LogP contribution in [0.25, 0.3) is 21.8 Å². The van der Waals surface area contributed by atoms with Crippen LogP contribution < -0.4 is 0 Å². The largest absolute Gasteiger partial charge is 0.460 e. The first-order valence-electron chi connectivity index (χ1n) is 25.3. The normalized spacial score (nSPS) is 20.6. The molecule has 2 saturated carbocycles. The molecule has 2 aromatic carbocycles. The van der Waals surface area contributed by atoms with E-state index in [0.717, 1.165) is 119 Å². The fraction of sp³-hybridized carbons (Fsp3) is 0.574. The van der Waals surface area contributed by atoms with Crippen LogP contribution in [0.15, 0.2) is 52.9 Å². The number of rotatable bonds is 8. The van der Waals surface area contributed by atoms with Crippen molar-refractivity contribution in [2.24, 2.45) is 11.8 Å². The molecule has 0 radical (unpaired) electrons. The number of H-pyrrole nitrogens is 1. The predicted molar refractivity (Wildman–Crippen MR) is 255 cm³/mol. The Morgan fingerprint density at radius 1 is 0.662 bits per heavy atom. The fourth-order valence-corrected chi connectivity index (χ4v) is 12.0. The smallest absolute Gasteiger partial charge is 0.374 e. The lowest BCUT2D eigenvalue weighted by atomic mass is 9.98. The number of furan rings is 1. The molecule has 0 unspecified atom stereocenters. The molecular weight excluding hydrogens is 813 g/mol. The van der Waals surface area contributed by atoms with Gasteiger partial charge in [-0.25, -0.2) is 4.79 Å². The van der Waals surface area contributed by atoms with Gasteiger partial charge < -0.3 is 28.5 Å². The summed E-state index contributed by atoms with van der Waals surface area (Å²) >= 11 is 0. The summed E-state index contributed by atoms with van der Waals surface area (Å²) in [4.78, 5) is 51.7. The van der Waals surface area contributed by atoms with E-state index in [-0.39, 0.29) is 17.6 Å². The Labute approximate surface area is 384 Å². The lowest BCUT2D eigenvalue weighted by Gasteiger charge is -2.33. The molecule has 65 heavy (non-hydrogen) atoms. The van der Waals surface area contributed by atoms with Crippen molar-refractivity contribution in [2.75, 3.05) is 45.9 Å². The molecule has 0 spiro atoms. The van der Waals surface area contributed by atoms with Gasteiger partial charge in [0.2, 0.25) is 5.76 Å². The van der Waals surface area contributed by atoms with Gasteiger partial charge >= 0.3 is 5.97 Å². The SMILES string of the molecule is CC1CCN(C(=O)c2ccc3[nH]c4c(c3c2)CN(C2CCCC2)CC4)CC1.CCOC(=O)c1ccc(Cn2c3c(c4cc(C(=O)N5CCC(C)CC5)ccc42)CN(C2CCCC2)CC3)o1. The van der Waals surface area contributed by atoms with E-state index >= 15 is 0 Å². The fourth-order valence-electron chi connectivity index (χ4n) is 12.0. The molecule has 11 heteroatoms. The Bertz CT molecular complexity index is 2500. The second-order valence-electron chi connectivity index (χ2n) is 20.3. The molecule has 2 saturated heterocycles. The molecule has 6 aliphatic rings. The molecule has 4 fully saturated rings. The standard InChI is InChI=1S/C31H39N3O4.C23H31N3O/c1-3-37-31(36)29-11-9-24(38-29)19-34-27-10-8-22(30(35)32-15-12-21(2)13-16-32)18-25(27)26-20-33(17-14-28(26)34)23-6-4-5-7-23;1-16-8-11-25(12-9-16)23(27)17-6-7-21-19(14-17)20-15-26(13-10-22(20)24-21)18-4-2-3-5-18/h8-11,18,21,23H,3-7,12-17,19-20H2,1-2H3;6-7,14,16,18,24H,2-5,8-13,15H2,1H3. The number of fused-ring (bicyclic) bond motifs is 6. The Hall–Kier alpha value is -4.87. The second-order valence-corrected chi connectivity index (χ2v) is 20.3.